The molecule has 0 saturated carbocycles. The van der Waals surface area contributed by atoms with Gasteiger partial charge >= 0.3 is 0 Å². The van der Waals surface area contributed by atoms with Crippen LogP contribution in [-0.4, -0.2) is 15.5 Å². The highest BCUT2D eigenvalue weighted by Crippen LogP contribution is 2.27. The number of hydrogen-bond donors (Lipinski definition) is 1. The lowest BCUT2D eigenvalue weighted by molar-refractivity contribution is 0.402. The summed E-state index contributed by atoms with van der Waals surface area (Å²) < 4.78 is 45.8. The Morgan fingerprint density at radius 2 is 2.00 bits per heavy atom. The van der Waals surface area contributed by atoms with Gasteiger partial charge in [0.05, 0.1) is 7.11 Å². The quantitative estimate of drug-likeness (QED) is 0.875. The van der Waals surface area contributed by atoms with Crippen molar-refractivity contribution in [2.45, 2.75) is 11.4 Å². The molecule has 7 heteroatoms. The number of ether oxygens (including phenoxy) is 1. The number of methoxy groups -OCH3 is 1. The molecule has 0 amide bonds. The Bertz CT molecular complexity index is 750. The lowest BCUT2D eigenvalue weighted by Gasteiger charge is -2.11. The maximum Gasteiger partial charge on any atom is 0.244 e. The van der Waals surface area contributed by atoms with Crippen LogP contribution in [0.3, 0.4) is 0 Å². The van der Waals surface area contributed by atoms with Crippen LogP contribution >= 0.6 is 15.9 Å². The topological polar surface area (TPSA) is 55.4 Å². The van der Waals surface area contributed by atoms with Crippen molar-refractivity contribution < 1.29 is 17.5 Å². The molecule has 0 saturated heterocycles. The molecule has 0 aliphatic carbocycles. The minimum Gasteiger partial charge on any atom is -0.495 e. The predicted octanol–water partition coefficient (Wildman–Crippen LogP) is 3.08. The molecular weight excluding hydrogens is 361 g/mol. The third kappa shape index (κ3) is 4.03. The van der Waals surface area contributed by atoms with E-state index >= 15 is 0 Å². The summed E-state index contributed by atoms with van der Waals surface area (Å²) in [6.07, 6.45) is 0. The van der Waals surface area contributed by atoms with Crippen LogP contribution in [0.15, 0.2) is 51.8 Å². The maximum absolute atomic E-state index is 13.1. The fraction of sp³-hybridized carbons (Fsp3) is 0.143. The van der Waals surface area contributed by atoms with Gasteiger partial charge in [0, 0.05) is 11.0 Å². The smallest absolute Gasteiger partial charge is 0.244 e. The maximum atomic E-state index is 13.1. The van der Waals surface area contributed by atoms with Crippen LogP contribution in [0, 0.1) is 5.82 Å². The van der Waals surface area contributed by atoms with E-state index in [1.807, 2.05) is 0 Å². The first-order valence-electron chi connectivity index (χ1n) is 6.00. The second-order valence-electron chi connectivity index (χ2n) is 4.25. The molecule has 0 unspecified atom stereocenters. The van der Waals surface area contributed by atoms with Crippen LogP contribution in [0.1, 0.15) is 5.56 Å². The number of hydrogen-bond acceptors (Lipinski definition) is 3. The first-order chi connectivity index (χ1) is 9.92. The van der Waals surface area contributed by atoms with Crippen LogP contribution in [-0.2, 0) is 16.6 Å². The summed E-state index contributed by atoms with van der Waals surface area (Å²) in [6, 6.07) is 10.4. The van der Waals surface area contributed by atoms with Crippen molar-refractivity contribution in [1.82, 2.24) is 4.72 Å². The molecule has 112 valence electrons. The summed E-state index contributed by atoms with van der Waals surface area (Å²) in [4.78, 5) is 0.0239. The molecule has 4 nitrogen and oxygen atoms in total. The van der Waals surface area contributed by atoms with Gasteiger partial charge in [0.2, 0.25) is 10.0 Å². The van der Waals surface area contributed by atoms with Crippen LogP contribution in [0.2, 0.25) is 0 Å². The molecule has 0 bridgehead atoms. The first-order valence-corrected chi connectivity index (χ1v) is 8.27. The molecule has 1 N–H and O–H groups in total. The van der Waals surface area contributed by atoms with Crippen molar-refractivity contribution in [3.05, 3.63) is 58.3 Å². The van der Waals surface area contributed by atoms with Crippen molar-refractivity contribution >= 4 is 26.0 Å². The van der Waals surface area contributed by atoms with Gasteiger partial charge in [-0.05, 0) is 35.9 Å². The lowest BCUT2D eigenvalue weighted by atomic mass is 10.2. The third-order valence-corrected chi connectivity index (χ3v) is 4.69. The van der Waals surface area contributed by atoms with Crippen molar-refractivity contribution in [3.63, 3.8) is 0 Å². The average molecular weight is 374 g/mol. The summed E-state index contributed by atoms with van der Waals surface area (Å²) >= 11 is 3.23. The highest BCUT2D eigenvalue weighted by Gasteiger charge is 2.19. The lowest BCUT2D eigenvalue weighted by Crippen LogP contribution is -2.23. The van der Waals surface area contributed by atoms with Crippen LogP contribution in [0.4, 0.5) is 4.39 Å². The van der Waals surface area contributed by atoms with Crippen LogP contribution in [0.5, 0.6) is 5.75 Å². The minimum atomic E-state index is -3.76. The largest absolute Gasteiger partial charge is 0.495 e. The monoisotopic (exact) mass is 373 g/mol. The number of halogens is 2. The van der Waals surface area contributed by atoms with Gasteiger partial charge in [-0.3, -0.25) is 0 Å². The molecule has 2 aromatic carbocycles. The second kappa shape index (κ2) is 6.55. The van der Waals surface area contributed by atoms with E-state index in [1.165, 1.54) is 31.4 Å². The van der Waals surface area contributed by atoms with E-state index in [4.69, 9.17) is 4.74 Å². The zero-order valence-corrected chi connectivity index (χ0v) is 13.5. The average Bonchev–Trinajstić information content (AvgIpc) is 2.45. The van der Waals surface area contributed by atoms with Crippen LogP contribution < -0.4 is 9.46 Å². The fourth-order valence-corrected chi connectivity index (χ4v) is 3.49. The predicted molar refractivity (Wildman–Crippen MR) is 81.1 cm³/mol. The number of sulfonamides is 1. The molecule has 0 fully saturated rings. The van der Waals surface area contributed by atoms with Gasteiger partial charge in [-0.1, -0.05) is 28.1 Å². The molecule has 0 aromatic heterocycles. The van der Waals surface area contributed by atoms with E-state index in [0.29, 0.717) is 10.0 Å². The van der Waals surface area contributed by atoms with E-state index in [2.05, 4.69) is 20.7 Å². The van der Waals surface area contributed by atoms with E-state index < -0.39 is 15.8 Å². The van der Waals surface area contributed by atoms with Crippen molar-refractivity contribution in [2.24, 2.45) is 0 Å². The molecule has 21 heavy (non-hydrogen) atoms. The number of rotatable bonds is 5. The SMILES string of the molecule is COc1ccc(Br)cc1S(=O)(=O)NCc1cccc(F)c1. The summed E-state index contributed by atoms with van der Waals surface area (Å²) in [5.41, 5.74) is 0.535. The minimum absolute atomic E-state index is 0.00421. The van der Waals surface area contributed by atoms with E-state index in [9.17, 15) is 12.8 Å². The Labute approximate surface area is 131 Å². The Morgan fingerprint density at radius 1 is 1.24 bits per heavy atom. The van der Waals surface area contributed by atoms with Crippen LogP contribution in [0.25, 0.3) is 0 Å². The summed E-state index contributed by atoms with van der Waals surface area (Å²) in [6.45, 7) is -0.00421. The van der Waals surface area contributed by atoms with Gasteiger partial charge < -0.3 is 4.74 Å². The molecule has 0 aliphatic heterocycles. The van der Waals surface area contributed by atoms with Crippen molar-refractivity contribution in [3.8, 4) is 5.75 Å². The van der Waals surface area contributed by atoms with Gasteiger partial charge in [0.25, 0.3) is 0 Å². The van der Waals surface area contributed by atoms with Gasteiger partial charge in [-0.15, -0.1) is 0 Å². The third-order valence-electron chi connectivity index (χ3n) is 2.77. The summed E-state index contributed by atoms with van der Waals surface area (Å²) in [5, 5.41) is 0. The molecular formula is C14H13BrFNO3S. The zero-order valence-electron chi connectivity index (χ0n) is 11.1. The standard InChI is InChI=1S/C14H13BrFNO3S/c1-20-13-6-5-11(15)8-14(13)21(18,19)17-9-10-3-2-4-12(16)7-10/h2-8,17H,9H2,1H3. The Hall–Kier alpha value is -1.44. The van der Waals surface area contributed by atoms with Gasteiger partial charge in [0.15, 0.2) is 0 Å². The number of nitrogens with one attached hydrogen (secondary N) is 1. The van der Waals surface area contributed by atoms with Crippen molar-refractivity contribution in [1.29, 1.82) is 0 Å². The van der Waals surface area contributed by atoms with E-state index in [0.717, 1.165) is 0 Å². The van der Waals surface area contributed by atoms with E-state index in [1.54, 1.807) is 18.2 Å². The van der Waals surface area contributed by atoms with E-state index in [-0.39, 0.29) is 17.2 Å². The number of benzene rings is 2. The first kappa shape index (κ1) is 15.9. The molecule has 0 heterocycles. The Balaban J connectivity index is 2.24. The Kier molecular flexibility index (Phi) is 4.97. The Morgan fingerprint density at radius 3 is 2.67 bits per heavy atom. The normalized spacial score (nSPS) is 11.4. The molecule has 0 aliphatic rings. The highest BCUT2D eigenvalue weighted by atomic mass is 79.9. The van der Waals surface area contributed by atoms with Gasteiger partial charge in [-0.25, -0.2) is 17.5 Å². The zero-order chi connectivity index (χ0) is 15.5. The molecule has 0 radical (unpaired) electrons. The fourth-order valence-electron chi connectivity index (χ4n) is 1.76. The summed E-state index contributed by atoms with van der Waals surface area (Å²) in [7, 11) is -2.37. The van der Waals surface area contributed by atoms with Gasteiger partial charge in [0.1, 0.15) is 16.5 Å². The molecule has 2 aromatic rings. The summed E-state index contributed by atoms with van der Waals surface area (Å²) in [5.74, 6) is -0.170. The van der Waals surface area contributed by atoms with Gasteiger partial charge in [-0.2, -0.15) is 0 Å². The van der Waals surface area contributed by atoms with Crippen molar-refractivity contribution in [2.75, 3.05) is 7.11 Å². The molecule has 2 rings (SSSR count). The molecule has 0 atom stereocenters. The molecule has 0 spiro atoms. The second-order valence-corrected chi connectivity index (χ2v) is 6.90. The highest BCUT2D eigenvalue weighted by molar-refractivity contribution is 9.10.